The van der Waals surface area contributed by atoms with Gasteiger partial charge >= 0.3 is 0 Å². The molecular weight excluding hydrogens is 308 g/mol. The first-order valence-electron chi connectivity index (χ1n) is 7.95. The predicted molar refractivity (Wildman–Crippen MR) is 95.6 cm³/mol. The number of carbonyl (C=O) groups excluding carboxylic acids is 1. The molecule has 23 heavy (non-hydrogen) atoms. The molecule has 1 aromatic carbocycles. The van der Waals surface area contributed by atoms with E-state index in [-0.39, 0.29) is 12.0 Å². The van der Waals surface area contributed by atoms with E-state index >= 15 is 0 Å². The number of aliphatic hydroxyl groups is 1. The van der Waals surface area contributed by atoms with Crippen molar-refractivity contribution < 1.29 is 9.90 Å². The highest BCUT2D eigenvalue weighted by Gasteiger charge is 2.20. The maximum Gasteiger partial charge on any atom is 0.265 e. The fraction of sp³-hybridized carbons (Fsp3) is 0.389. The average molecular weight is 330 g/mol. The lowest BCUT2D eigenvalue weighted by Crippen LogP contribution is -2.36. The maximum absolute atomic E-state index is 12.5. The number of amides is 1. The molecule has 122 valence electrons. The van der Waals surface area contributed by atoms with E-state index in [2.05, 4.69) is 10.2 Å². The second-order valence-corrected chi connectivity index (χ2v) is 7.30. The molecule has 2 aromatic rings. The Labute approximate surface area is 140 Å². The van der Waals surface area contributed by atoms with Crippen molar-refractivity contribution in [1.82, 2.24) is 0 Å². The summed E-state index contributed by atoms with van der Waals surface area (Å²) in [5, 5.41) is 12.7. The molecular formula is C18H22N2O2S. The van der Waals surface area contributed by atoms with Gasteiger partial charge < -0.3 is 15.3 Å². The number of thiophene rings is 1. The van der Waals surface area contributed by atoms with E-state index in [4.69, 9.17) is 0 Å². The second-order valence-electron chi connectivity index (χ2n) is 6.04. The molecule has 0 atom stereocenters. The van der Waals surface area contributed by atoms with Crippen LogP contribution >= 0.6 is 11.3 Å². The Morgan fingerprint density at radius 1 is 1.26 bits per heavy atom. The molecule has 0 unspecified atom stereocenters. The highest BCUT2D eigenvalue weighted by Crippen LogP contribution is 2.29. The number of aliphatic hydroxyl groups excluding tert-OH is 1. The van der Waals surface area contributed by atoms with E-state index in [0.29, 0.717) is 0 Å². The molecule has 5 heteroatoms. The number of nitrogens with one attached hydrogen (secondary N) is 1. The van der Waals surface area contributed by atoms with Crippen LogP contribution in [0.2, 0.25) is 0 Å². The van der Waals surface area contributed by atoms with Crippen LogP contribution in [0.5, 0.6) is 0 Å². The molecule has 2 heterocycles. The van der Waals surface area contributed by atoms with Gasteiger partial charge in [0.25, 0.3) is 5.91 Å². The lowest BCUT2D eigenvalue weighted by atomic mass is 10.1. The summed E-state index contributed by atoms with van der Waals surface area (Å²) in [6, 6.07) is 9.82. The number of anilines is 2. The zero-order valence-electron chi connectivity index (χ0n) is 13.5. The van der Waals surface area contributed by atoms with Gasteiger partial charge in [0.15, 0.2) is 0 Å². The average Bonchev–Trinajstić information content (AvgIpc) is 2.88. The Bertz CT molecular complexity index is 683. The molecule has 4 nitrogen and oxygen atoms in total. The topological polar surface area (TPSA) is 52.6 Å². The number of carbonyl (C=O) groups is 1. The van der Waals surface area contributed by atoms with Crippen molar-refractivity contribution in [3.63, 3.8) is 0 Å². The third-order valence-electron chi connectivity index (χ3n) is 4.35. The molecule has 0 spiro atoms. The summed E-state index contributed by atoms with van der Waals surface area (Å²) in [5.74, 6) is -0.0595. The molecule has 3 rings (SSSR count). The molecule has 1 amide bonds. The number of piperidine rings is 1. The fourth-order valence-corrected chi connectivity index (χ4v) is 3.76. The minimum absolute atomic E-state index is 0.0595. The molecule has 0 aliphatic carbocycles. The standard InChI is InChI=1S/C18H22N2O2S/c1-12-11-17(23-13(12)2)18(22)19-15-5-3-4-6-16(15)20-9-7-14(21)8-10-20/h3-6,11,14,21H,7-10H2,1-2H3,(H,19,22). The zero-order valence-corrected chi connectivity index (χ0v) is 14.3. The molecule has 0 saturated carbocycles. The van der Waals surface area contributed by atoms with Crippen molar-refractivity contribution in [3.05, 3.63) is 45.6 Å². The first kappa shape index (κ1) is 16.0. The number of para-hydroxylation sites is 2. The van der Waals surface area contributed by atoms with Crippen molar-refractivity contribution in [2.75, 3.05) is 23.3 Å². The summed E-state index contributed by atoms with van der Waals surface area (Å²) < 4.78 is 0. The van der Waals surface area contributed by atoms with Crippen molar-refractivity contribution in [2.45, 2.75) is 32.8 Å². The van der Waals surface area contributed by atoms with Crippen molar-refractivity contribution in [1.29, 1.82) is 0 Å². The van der Waals surface area contributed by atoms with E-state index in [1.54, 1.807) is 0 Å². The van der Waals surface area contributed by atoms with E-state index in [1.807, 2.05) is 44.2 Å². The van der Waals surface area contributed by atoms with Crippen LogP contribution in [0.3, 0.4) is 0 Å². The quantitative estimate of drug-likeness (QED) is 0.904. The minimum Gasteiger partial charge on any atom is -0.393 e. The lowest BCUT2D eigenvalue weighted by molar-refractivity contribution is 0.103. The highest BCUT2D eigenvalue weighted by molar-refractivity contribution is 7.14. The van der Waals surface area contributed by atoms with E-state index in [1.165, 1.54) is 16.2 Å². The monoisotopic (exact) mass is 330 g/mol. The number of aryl methyl sites for hydroxylation is 2. The number of nitrogens with zero attached hydrogens (tertiary/aromatic N) is 1. The van der Waals surface area contributed by atoms with Gasteiger partial charge in [0.05, 0.1) is 22.4 Å². The predicted octanol–water partition coefficient (Wildman–Crippen LogP) is 3.58. The Balaban J connectivity index is 1.79. The number of rotatable bonds is 3. The van der Waals surface area contributed by atoms with Gasteiger partial charge in [0, 0.05) is 18.0 Å². The molecule has 1 saturated heterocycles. The summed E-state index contributed by atoms with van der Waals surface area (Å²) >= 11 is 1.52. The molecule has 1 aliphatic rings. The van der Waals surface area contributed by atoms with Gasteiger partial charge in [-0.3, -0.25) is 4.79 Å². The molecule has 1 aliphatic heterocycles. The Morgan fingerprint density at radius 3 is 2.61 bits per heavy atom. The van der Waals surface area contributed by atoms with Crippen LogP contribution in [0.4, 0.5) is 11.4 Å². The molecule has 0 bridgehead atoms. The van der Waals surface area contributed by atoms with Crippen LogP contribution in [-0.4, -0.2) is 30.2 Å². The smallest absolute Gasteiger partial charge is 0.265 e. The summed E-state index contributed by atoms with van der Waals surface area (Å²) in [6.45, 7) is 5.68. The Morgan fingerprint density at radius 2 is 1.96 bits per heavy atom. The van der Waals surface area contributed by atoms with Crippen LogP contribution in [-0.2, 0) is 0 Å². The largest absolute Gasteiger partial charge is 0.393 e. The van der Waals surface area contributed by atoms with Gasteiger partial charge in [0.2, 0.25) is 0 Å². The first-order valence-corrected chi connectivity index (χ1v) is 8.76. The number of benzene rings is 1. The SMILES string of the molecule is Cc1cc(C(=O)Nc2ccccc2N2CCC(O)CC2)sc1C. The van der Waals surface area contributed by atoms with Gasteiger partial charge in [-0.2, -0.15) is 0 Å². The molecule has 1 aromatic heterocycles. The summed E-state index contributed by atoms with van der Waals surface area (Å²) in [7, 11) is 0. The molecule has 1 fully saturated rings. The van der Waals surface area contributed by atoms with Crippen molar-refractivity contribution in [2.24, 2.45) is 0 Å². The molecule has 2 N–H and O–H groups in total. The maximum atomic E-state index is 12.5. The third kappa shape index (κ3) is 3.57. The van der Waals surface area contributed by atoms with Crippen molar-refractivity contribution >= 4 is 28.6 Å². The van der Waals surface area contributed by atoms with Crippen LogP contribution in [0.15, 0.2) is 30.3 Å². The highest BCUT2D eigenvalue weighted by atomic mass is 32.1. The Kier molecular flexibility index (Phi) is 4.68. The minimum atomic E-state index is -0.204. The van der Waals surface area contributed by atoms with Gasteiger partial charge in [0.1, 0.15) is 0 Å². The molecule has 0 radical (unpaired) electrons. The zero-order chi connectivity index (χ0) is 16.4. The normalized spacial score (nSPS) is 15.7. The Hall–Kier alpha value is -1.85. The summed E-state index contributed by atoms with van der Waals surface area (Å²) in [6.07, 6.45) is 1.34. The first-order chi connectivity index (χ1) is 11.0. The van der Waals surface area contributed by atoms with E-state index in [0.717, 1.165) is 47.7 Å². The lowest BCUT2D eigenvalue weighted by Gasteiger charge is -2.32. The fourth-order valence-electron chi connectivity index (χ4n) is 2.83. The second kappa shape index (κ2) is 6.72. The van der Waals surface area contributed by atoms with E-state index < -0.39 is 0 Å². The third-order valence-corrected chi connectivity index (χ3v) is 5.50. The summed E-state index contributed by atoms with van der Waals surface area (Å²) in [4.78, 5) is 16.7. The van der Waals surface area contributed by atoms with Crippen molar-refractivity contribution in [3.8, 4) is 0 Å². The number of hydrogen-bond acceptors (Lipinski definition) is 4. The van der Waals surface area contributed by atoms with Crippen LogP contribution < -0.4 is 10.2 Å². The van der Waals surface area contributed by atoms with Gasteiger partial charge in [-0.15, -0.1) is 11.3 Å². The summed E-state index contributed by atoms with van der Waals surface area (Å²) in [5.41, 5.74) is 3.01. The van der Waals surface area contributed by atoms with Crippen LogP contribution in [0.25, 0.3) is 0 Å². The van der Waals surface area contributed by atoms with Crippen LogP contribution in [0, 0.1) is 13.8 Å². The van der Waals surface area contributed by atoms with Crippen LogP contribution in [0.1, 0.15) is 33.0 Å². The van der Waals surface area contributed by atoms with E-state index in [9.17, 15) is 9.90 Å². The van der Waals surface area contributed by atoms with Gasteiger partial charge in [-0.1, -0.05) is 12.1 Å². The van der Waals surface area contributed by atoms with Gasteiger partial charge in [-0.05, 0) is 50.5 Å². The number of hydrogen-bond donors (Lipinski definition) is 2. The van der Waals surface area contributed by atoms with Gasteiger partial charge in [-0.25, -0.2) is 0 Å².